The summed E-state index contributed by atoms with van der Waals surface area (Å²) in [5.41, 5.74) is 3.81. The number of aryl methyl sites for hydroxylation is 1. The minimum Gasteiger partial charge on any atom is -0.335 e. The molecule has 4 rings (SSSR count). The highest BCUT2D eigenvalue weighted by atomic mass is 35.5. The van der Waals surface area contributed by atoms with Crippen LogP contribution < -0.4 is 11.2 Å². The lowest BCUT2D eigenvalue weighted by Gasteiger charge is -2.08. The van der Waals surface area contributed by atoms with E-state index in [4.69, 9.17) is 29.0 Å². The maximum absolute atomic E-state index is 12.3. The van der Waals surface area contributed by atoms with Crippen LogP contribution in [-0.2, 0) is 4.79 Å². The van der Waals surface area contributed by atoms with Gasteiger partial charge in [-0.05, 0) is 42.8 Å². The fraction of sp³-hybridized carbons (Fsp3) is 0.100. The van der Waals surface area contributed by atoms with E-state index in [-0.39, 0.29) is 11.7 Å². The molecule has 0 aliphatic carbocycles. The molecule has 1 amide bonds. The van der Waals surface area contributed by atoms with Gasteiger partial charge in [-0.25, -0.2) is 4.68 Å². The lowest BCUT2D eigenvalue weighted by atomic mass is 10.1. The van der Waals surface area contributed by atoms with Crippen molar-refractivity contribution in [3.63, 3.8) is 0 Å². The second kappa shape index (κ2) is 9.01. The van der Waals surface area contributed by atoms with Crippen molar-refractivity contribution in [2.45, 2.75) is 12.1 Å². The predicted octanol–water partition coefficient (Wildman–Crippen LogP) is 4.40. The van der Waals surface area contributed by atoms with Crippen molar-refractivity contribution in [1.29, 1.82) is 0 Å². The lowest BCUT2D eigenvalue weighted by Crippen LogP contribution is -2.17. The monoisotopic (exact) mass is 473 g/mol. The molecule has 4 aromatic rings. The van der Waals surface area contributed by atoms with Gasteiger partial charge in [-0.3, -0.25) is 9.89 Å². The largest absolute Gasteiger partial charge is 0.335 e. The molecule has 0 aliphatic rings. The number of nitrogens with two attached hydrogens (primary N) is 1. The van der Waals surface area contributed by atoms with E-state index in [1.807, 2.05) is 31.2 Å². The number of aromatic amines is 1. The first-order chi connectivity index (χ1) is 14.9. The number of hydrogen-bond donors (Lipinski definition) is 3. The number of halogens is 2. The number of carbonyl (C=O) groups excluding carboxylic acids is 1. The summed E-state index contributed by atoms with van der Waals surface area (Å²) < 4.78 is 1.32. The molecule has 2 aromatic carbocycles. The third kappa shape index (κ3) is 4.84. The summed E-state index contributed by atoms with van der Waals surface area (Å²) in [7, 11) is 0. The quantitative estimate of drug-likeness (QED) is 0.282. The topological polar surface area (TPSA) is 115 Å². The Morgan fingerprint density at radius 2 is 1.87 bits per heavy atom. The molecule has 8 nitrogen and oxygen atoms in total. The molecule has 4 N–H and O–H groups in total. The van der Waals surface area contributed by atoms with Gasteiger partial charge in [-0.1, -0.05) is 53.2 Å². The zero-order valence-electron chi connectivity index (χ0n) is 16.3. The average Bonchev–Trinajstić information content (AvgIpc) is 3.36. The minimum atomic E-state index is -0.202. The van der Waals surface area contributed by atoms with E-state index < -0.39 is 0 Å². The number of nitrogens with zero attached hydrogens (tertiary/aromatic N) is 4. The van der Waals surface area contributed by atoms with Gasteiger partial charge in [0.05, 0.1) is 11.4 Å². The molecular weight excluding hydrogens is 457 g/mol. The number of hydrogen-bond acceptors (Lipinski definition) is 6. The van der Waals surface area contributed by atoms with Crippen molar-refractivity contribution in [2.75, 3.05) is 16.9 Å². The predicted molar refractivity (Wildman–Crippen MR) is 124 cm³/mol. The molecule has 11 heteroatoms. The molecule has 0 saturated heterocycles. The van der Waals surface area contributed by atoms with Crippen LogP contribution in [0.3, 0.4) is 0 Å². The van der Waals surface area contributed by atoms with Crippen LogP contribution in [0.5, 0.6) is 0 Å². The van der Waals surface area contributed by atoms with E-state index in [9.17, 15) is 4.79 Å². The third-order valence-electron chi connectivity index (χ3n) is 4.43. The molecule has 0 spiro atoms. The highest BCUT2D eigenvalue weighted by molar-refractivity contribution is 7.99. The van der Waals surface area contributed by atoms with Crippen molar-refractivity contribution < 1.29 is 4.79 Å². The van der Waals surface area contributed by atoms with Gasteiger partial charge in [0.15, 0.2) is 0 Å². The summed E-state index contributed by atoms with van der Waals surface area (Å²) in [6.45, 7) is 1.89. The summed E-state index contributed by atoms with van der Waals surface area (Å²) >= 11 is 13.1. The molecule has 2 aromatic heterocycles. The van der Waals surface area contributed by atoms with E-state index in [0.717, 1.165) is 16.8 Å². The minimum absolute atomic E-state index is 0.111. The van der Waals surface area contributed by atoms with Crippen molar-refractivity contribution in [1.82, 2.24) is 25.1 Å². The number of aromatic nitrogens is 5. The van der Waals surface area contributed by atoms with Crippen molar-refractivity contribution in [3.8, 4) is 22.8 Å². The van der Waals surface area contributed by atoms with Crippen LogP contribution in [-0.4, -0.2) is 36.7 Å². The first-order valence-corrected chi connectivity index (χ1v) is 10.9. The SMILES string of the molecule is Cc1ccc(Cl)cc1NC(=O)CSc1nnc(-c2cc(-c3ccc(Cl)cc3)n[nH]2)n1N. The summed E-state index contributed by atoms with van der Waals surface area (Å²) in [4.78, 5) is 12.3. The second-order valence-corrected chi connectivity index (χ2v) is 8.46. The third-order valence-corrected chi connectivity index (χ3v) is 5.86. The second-order valence-electron chi connectivity index (χ2n) is 6.65. The summed E-state index contributed by atoms with van der Waals surface area (Å²) in [6, 6.07) is 14.5. The molecule has 0 fully saturated rings. The van der Waals surface area contributed by atoms with Crippen LogP contribution in [0.25, 0.3) is 22.8 Å². The van der Waals surface area contributed by atoms with Crippen LogP contribution in [0.4, 0.5) is 5.69 Å². The van der Waals surface area contributed by atoms with Crippen LogP contribution in [0.15, 0.2) is 53.7 Å². The maximum atomic E-state index is 12.3. The zero-order valence-corrected chi connectivity index (χ0v) is 18.6. The summed E-state index contributed by atoms with van der Waals surface area (Å²) in [5, 5.41) is 19.8. The van der Waals surface area contributed by atoms with Crippen LogP contribution in [0, 0.1) is 6.92 Å². The molecule has 31 heavy (non-hydrogen) atoms. The number of anilines is 1. The van der Waals surface area contributed by atoms with Crippen molar-refractivity contribution in [3.05, 3.63) is 64.1 Å². The lowest BCUT2D eigenvalue weighted by molar-refractivity contribution is -0.113. The van der Waals surface area contributed by atoms with E-state index in [1.54, 1.807) is 24.3 Å². The van der Waals surface area contributed by atoms with Crippen molar-refractivity contribution >= 4 is 46.6 Å². The first kappa shape index (κ1) is 21.2. The molecule has 0 aliphatic heterocycles. The van der Waals surface area contributed by atoms with E-state index in [0.29, 0.717) is 32.4 Å². The summed E-state index contributed by atoms with van der Waals surface area (Å²) in [5.74, 6) is 6.46. The fourth-order valence-corrected chi connectivity index (χ4v) is 3.76. The van der Waals surface area contributed by atoms with Crippen LogP contribution >= 0.6 is 35.0 Å². The Morgan fingerprint density at radius 3 is 2.65 bits per heavy atom. The Balaban J connectivity index is 1.43. The normalized spacial score (nSPS) is 10.9. The Morgan fingerprint density at radius 1 is 1.13 bits per heavy atom. The highest BCUT2D eigenvalue weighted by Gasteiger charge is 2.16. The van der Waals surface area contributed by atoms with Gasteiger partial charge in [0, 0.05) is 21.3 Å². The Kier molecular flexibility index (Phi) is 6.17. The number of nitrogen functional groups attached to an aromatic ring is 1. The van der Waals surface area contributed by atoms with Crippen molar-refractivity contribution in [2.24, 2.45) is 0 Å². The standard InChI is InChI=1S/C20H17Cl2N7OS/c1-11-2-5-14(22)8-15(11)24-18(30)10-31-20-28-27-19(29(20)23)17-9-16(25-26-17)12-3-6-13(21)7-4-12/h2-9H,10,23H2,1H3,(H,24,30)(H,25,26). The summed E-state index contributed by atoms with van der Waals surface area (Å²) in [6.07, 6.45) is 0. The van der Waals surface area contributed by atoms with Gasteiger partial charge in [0.2, 0.25) is 16.9 Å². The molecule has 0 atom stereocenters. The van der Waals surface area contributed by atoms with E-state index >= 15 is 0 Å². The number of nitrogens with one attached hydrogen (secondary N) is 2. The first-order valence-electron chi connectivity index (χ1n) is 9.12. The Hall–Kier alpha value is -3.01. The fourth-order valence-electron chi connectivity index (χ4n) is 2.81. The van der Waals surface area contributed by atoms with E-state index in [1.165, 1.54) is 16.4 Å². The van der Waals surface area contributed by atoms with Gasteiger partial charge >= 0.3 is 0 Å². The molecule has 158 valence electrons. The maximum Gasteiger partial charge on any atom is 0.234 e. The van der Waals surface area contributed by atoms with Crippen LogP contribution in [0.1, 0.15) is 5.56 Å². The molecule has 0 unspecified atom stereocenters. The van der Waals surface area contributed by atoms with Crippen LogP contribution in [0.2, 0.25) is 10.0 Å². The Labute approximate surface area is 192 Å². The molecular formula is C20H17Cl2N7OS. The number of H-pyrrole nitrogens is 1. The smallest absolute Gasteiger partial charge is 0.234 e. The van der Waals surface area contributed by atoms with Gasteiger partial charge in [-0.15, -0.1) is 10.2 Å². The molecule has 0 saturated carbocycles. The van der Waals surface area contributed by atoms with Gasteiger partial charge < -0.3 is 11.2 Å². The molecule has 2 heterocycles. The Bertz CT molecular complexity index is 1240. The van der Waals surface area contributed by atoms with Gasteiger partial charge in [-0.2, -0.15) is 5.10 Å². The molecule has 0 bridgehead atoms. The van der Waals surface area contributed by atoms with Gasteiger partial charge in [0.25, 0.3) is 0 Å². The average molecular weight is 474 g/mol. The number of amides is 1. The number of carbonyl (C=O) groups is 1. The van der Waals surface area contributed by atoms with Gasteiger partial charge in [0.1, 0.15) is 5.69 Å². The number of rotatable bonds is 6. The van der Waals surface area contributed by atoms with E-state index in [2.05, 4.69) is 25.7 Å². The molecule has 0 radical (unpaired) electrons. The highest BCUT2D eigenvalue weighted by Crippen LogP contribution is 2.26. The number of benzene rings is 2. The number of thioether (sulfide) groups is 1. The zero-order chi connectivity index (χ0) is 22.0.